The number of halogens is 2. The second-order valence-corrected chi connectivity index (χ2v) is 9.49. The van der Waals surface area contributed by atoms with E-state index in [4.69, 9.17) is 4.74 Å². The van der Waals surface area contributed by atoms with Gasteiger partial charge in [0.25, 0.3) is 0 Å². The minimum absolute atomic E-state index is 0.000578. The molecule has 0 saturated carbocycles. The second kappa shape index (κ2) is 11.2. The predicted octanol–water partition coefficient (Wildman–Crippen LogP) is 6.28. The number of nitrogens with one attached hydrogen (secondary N) is 1. The Morgan fingerprint density at radius 1 is 1.05 bits per heavy atom. The van der Waals surface area contributed by atoms with E-state index in [1.807, 2.05) is 30.3 Å². The van der Waals surface area contributed by atoms with Crippen LogP contribution in [0, 0.1) is 11.6 Å². The molecule has 3 aromatic carbocycles. The van der Waals surface area contributed by atoms with Crippen molar-refractivity contribution < 1.29 is 18.3 Å². The quantitative estimate of drug-likeness (QED) is 0.305. The Kier molecular flexibility index (Phi) is 7.81. The Labute approximate surface area is 214 Å². The fourth-order valence-corrected chi connectivity index (χ4v) is 3.76. The van der Waals surface area contributed by atoms with E-state index in [2.05, 4.69) is 15.4 Å². The van der Waals surface area contributed by atoms with Crippen LogP contribution in [0.5, 0.6) is 0 Å². The maximum atomic E-state index is 15.7. The van der Waals surface area contributed by atoms with Crippen LogP contribution in [0.25, 0.3) is 11.1 Å². The van der Waals surface area contributed by atoms with Crippen molar-refractivity contribution in [2.24, 2.45) is 0 Å². The molecule has 0 aliphatic carbocycles. The summed E-state index contributed by atoms with van der Waals surface area (Å²) in [5.74, 6) is -0.998. The summed E-state index contributed by atoms with van der Waals surface area (Å²) in [4.78, 5) is 18.4. The number of nitrogens with zero attached hydrogens (tertiary/aromatic N) is 4. The van der Waals surface area contributed by atoms with Gasteiger partial charge in [-0.25, -0.2) is 18.6 Å². The predicted molar refractivity (Wildman–Crippen MR) is 139 cm³/mol. The molecule has 0 bridgehead atoms. The van der Waals surface area contributed by atoms with Crippen LogP contribution in [0.4, 0.5) is 25.0 Å². The van der Waals surface area contributed by atoms with Crippen LogP contribution in [-0.4, -0.2) is 33.0 Å². The van der Waals surface area contributed by atoms with Crippen LogP contribution < -0.4 is 10.2 Å². The number of amides is 1. The number of hydrogen-bond acceptors (Lipinski definition) is 5. The summed E-state index contributed by atoms with van der Waals surface area (Å²) in [5.41, 5.74) is 2.02. The van der Waals surface area contributed by atoms with Crippen molar-refractivity contribution in [2.75, 3.05) is 16.8 Å². The number of ether oxygens (including phenoxy) is 1. The molecule has 0 aliphatic heterocycles. The number of anilines is 2. The van der Waals surface area contributed by atoms with E-state index < -0.39 is 23.3 Å². The molecule has 1 heterocycles. The fraction of sp³-hybridized carbons (Fsp3) is 0.250. The summed E-state index contributed by atoms with van der Waals surface area (Å²) in [6.45, 7) is 6.25. The Morgan fingerprint density at radius 3 is 2.43 bits per heavy atom. The largest absolute Gasteiger partial charge is 0.443 e. The van der Waals surface area contributed by atoms with Crippen molar-refractivity contribution in [1.82, 2.24) is 14.8 Å². The van der Waals surface area contributed by atoms with Gasteiger partial charge in [0.2, 0.25) is 0 Å². The van der Waals surface area contributed by atoms with Crippen LogP contribution in [0.3, 0.4) is 0 Å². The molecule has 9 heteroatoms. The highest BCUT2D eigenvalue weighted by Crippen LogP contribution is 2.35. The van der Waals surface area contributed by atoms with E-state index in [-0.39, 0.29) is 12.2 Å². The molecule has 192 valence electrons. The molecule has 7 nitrogen and oxygen atoms in total. The number of hydrogen-bond donors (Lipinski definition) is 1. The SMILES string of the molecule is CC(C)(C)OC(=O)N(Cc1ccc(F)cc1)c1cc(-c2ccccc2)c(NCCn2cncn2)cc1F. The standard InChI is InChI=1S/C28H29F2N5O2/c1-28(2,3)37-27(36)35(17-20-9-11-22(29)12-10-20)26-15-23(21-7-5-4-6-8-21)25(16-24(26)30)32-13-14-34-19-31-18-33-34/h4-12,15-16,18-19,32H,13-14,17H2,1-3H3. The summed E-state index contributed by atoms with van der Waals surface area (Å²) in [5, 5.41) is 7.36. The van der Waals surface area contributed by atoms with Gasteiger partial charge in [-0.2, -0.15) is 5.10 Å². The van der Waals surface area contributed by atoms with Gasteiger partial charge < -0.3 is 10.1 Å². The number of carbonyl (C=O) groups excluding carboxylic acids is 1. The minimum atomic E-state index is -0.792. The topological polar surface area (TPSA) is 72.3 Å². The molecule has 4 aromatic rings. The van der Waals surface area contributed by atoms with Crippen LogP contribution in [-0.2, 0) is 17.8 Å². The Morgan fingerprint density at radius 2 is 1.78 bits per heavy atom. The van der Waals surface area contributed by atoms with Gasteiger partial charge in [0.05, 0.1) is 18.8 Å². The molecule has 0 radical (unpaired) electrons. The highest BCUT2D eigenvalue weighted by atomic mass is 19.1. The van der Waals surface area contributed by atoms with Crippen molar-refractivity contribution >= 4 is 17.5 Å². The van der Waals surface area contributed by atoms with Gasteiger partial charge in [-0.15, -0.1) is 0 Å². The van der Waals surface area contributed by atoms with E-state index >= 15 is 4.39 Å². The molecule has 1 aromatic heterocycles. The molecular weight excluding hydrogens is 476 g/mol. The van der Waals surface area contributed by atoms with E-state index in [9.17, 15) is 9.18 Å². The fourth-order valence-electron chi connectivity index (χ4n) is 3.76. The first-order valence-corrected chi connectivity index (χ1v) is 11.9. The van der Waals surface area contributed by atoms with Gasteiger partial charge in [0.1, 0.15) is 29.9 Å². The van der Waals surface area contributed by atoms with Gasteiger partial charge in [-0.3, -0.25) is 9.58 Å². The average molecular weight is 506 g/mol. The number of carbonyl (C=O) groups is 1. The average Bonchev–Trinajstić information content (AvgIpc) is 3.37. The van der Waals surface area contributed by atoms with E-state index in [1.54, 1.807) is 50.0 Å². The third kappa shape index (κ3) is 6.91. The molecule has 0 aliphatic rings. The van der Waals surface area contributed by atoms with Crippen molar-refractivity contribution in [3.63, 3.8) is 0 Å². The number of rotatable bonds is 8. The second-order valence-electron chi connectivity index (χ2n) is 9.49. The monoisotopic (exact) mass is 505 g/mol. The van der Waals surface area contributed by atoms with E-state index in [0.29, 0.717) is 29.9 Å². The van der Waals surface area contributed by atoms with Crippen LogP contribution in [0.2, 0.25) is 0 Å². The molecule has 0 atom stereocenters. The highest BCUT2D eigenvalue weighted by Gasteiger charge is 2.27. The van der Waals surface area contributed by atoms with Gasteiger partial charge in [-0.05, 0) is 56.2 Å². The van der Waals surface area contributed by atoms with Gasteiger partial charge >= 0.3 is 6.09 Å². The van der Waals surface area contributed by atoms with Crippen molar-refractivity contribution in [3.8, 4) is 11.1 Å². The zero-order chi connectivity index (χ0) is 26.4. The molecule has 4 rings (SSSR count). The van der Waals surface area contributed by atoms with Crippen molar-refractivity contribution in [1.29, 1.82) is 0 Å². The maximum Gasteiger partial charge on any atom is 0.415 e. The molecule has 0 fully saturated rings. The molecule has 37 heavy (non-hydrogen) atoms. The Balaban J connectivity index is 1.73. The third-order valence-electron chi connectivity index (χ3n) is 5.45. The molecule has 0 unspecified atom stereocenters. The third-order valence-corrected chi connectivity index (χ3v) is 5.45. The first kappa shape index (κ1) is 25.8. The summed E-state index contributed by atoms with van der Waals surface area (Å²) >= 11 is 0. The molecule has 0 saturated heterocycles. The zero-order valence-corrected chi connectivity index (χ0v) is 21.0. The number of benzene rings is 3. The summed E-state index contributed by atoms with van der Waals surface area (Å²) in [6.07, 6.45) is 2.36. The van der Waals surface area contributed by atoms with Gasteiger partial charge in [0.15, 0.2) is 0 Å². The zero-order valence-electron chi connectivity index (χ0n) is 21.0. The molecular formula is C28H29F2N5O2. The lowest BCUT2D eigenvalue weighted by molar-refractivity contribution is 0.0576. The smallest absolute Gasteiger partial charge is 0.415 e. The Hall–Kier alpha value is -4.27. The van der Waals surface area contributed by atoms with E-state index in [0.717, 1.165) is 5.56 Å². The summed E-state index contributed by atoms with van der Waals surface area (Å²) < 4.78 is 36.4. The first-order valence-electron chi connectivity index (χ1n) is 11.9. The normalized spacial score (nSPS) is 11.3. The maximum absolute atomic E-state index is 15.7. The Bertz CT molecular complexity index is 1320. The summed E-state index contributed by atoms with van der Waals surface area (Å²) in [7, 11) is 0. The summed E-state index contributed by atoms with van der Waals surface area (Å²) in [6, 6.07) is 18.2. The van der Waals surface area contributed by atoms with Crippen LogP contribution >= 0.6 is 0 Å². The number of aromatic nitrogens is 3. The lowest BCUT2D eigenvalue weighted by atomic mass is 10.0. The minimum Gasteiger partial charge on any atom is -0.443 e. The van der Waals surface area contributed by atoms with Gasteiger partial charge in [0, 0.05) is 17.8 Å². The lowest BCUT2D eigenvalue weighted by Gasteiger charge is -2.28. The van der Waals surface area contributed by atoms with Crippen molar-refractivity contribution in [3.05, 3.63) is 96.6 Å². The van der Waals surface area contributed by atoms with Crippen LogP contribution in [0.15, 0.2) is 79.4 Å². The first-order chi connectivity index (χ1) is 17.7. The lowest BCUT2D eigenvalue weighted by Crippen LogP contribution is -2.37. The van der Waals surface area contributed by atoms with Crippen LogP contribution in [0.1, 0.15) is 26.3 Å². The molecule has 1 amide bonds. The van der Waals surface area contributed by atoms with Gasteiger partial charge in [-0.1, -0.05) is 42.5 Å². The highest BCUT2D eigenvalue weighted by molar-refractivity contribution is 5.91. The van der Waals surface area contributed by atoms with Crippen molar-refractivity contribution in [2.45, 2.75) is 39.5 Å². The molecule has 1 N–H and O–H groups in total. The van der Waals surface area contributed by atoms with E-state index in [1.165, 1.54) is 29.4 Å². The molecule has 0 spiro atoms.